The zero-order chi connectivity index (χ0) is 24.9. The first-order valence-electron chi connectivity index (χ1n) is 11.9. The number of rotatable bonds is 6. The maximum atomic E-state index is 13.7. The molecule has 1 saturated heterocycles. The van der Waals surface area contributed by atoms with E-state index in [1.54, 1.807) is 31.1 Å². The molecule has 2 amide bonds. The summed E-state index contributed by atoms with van der Waals surface area (Å²) in [5.74, 6) is 1.67. The highest BCUT2D eigenvalue weighted by molar-refractivity contribution is 5.97. The third-order valence-corrected chi connectivity index (χ3v) is 6.93. The van der Waals surface area contributed by atoms with Crippen molar-refractivity contribution in [2.45, 2.75) is 32.4 Å². The molecule has 0 aliphatic carbocycles. The SMILES string of the molecule is COc1cc([C@@H]2c3[nH]c4ccccc4c3C[C@H]3C(=O)N(CC(C)C)CC(=O)N23)cc(OC)c1OC. The summed E-state index contributed by atoms with van der Waals surface area (Å²) in [4.78, 5) is 34.3. The molecule has 1 fully saturated rings. The Bertz CT molecular complexity index is 1270. The first-order chi connectivity index (χ1) is 16.9. The van der Waals surface area contributed by atoms with Gasteiger partial charge in [-0.1, -0.05) is 32.0 Å². The predicted octanol–water partition coefficient (Wildman–Crippen LogP) is 3.53. The molecule has 35 heavy (non-hydrogen) atoms. The van der Waals surface area contributed by atoms with Gasteiger partial charge < -0.3 is 29.0 Å². The fourth-order valence-corrected chi connectivity index (χ4v) is 5.52. The third-order valence-electron chi connectivity index (χ3n) is 6.93. The lowest BCUT2D eigenvalue weighted by atomic mass is 9.86. The highest BCUT2D eigenvalue weighted by Crippen LogP contribution is 2.47. The zero-order valence-electron chi connectivity index (χ0n) is 20.8. The van der Waals surface area contributed by atoms with Crippen molar-refractivity contribution < 1.29 is 23.8 Å². The monoisotopic (exact) mass is 477 g/mol. The second kappa shape index (κ2) is 8.83. The topological polar surface area (TPSA) is 84.1 Å². The average Bonchev–Trinajstić information content (AvgIpc) is 3.23. The number of ether oxygens (including phenoxy) is 3. The van der Waals surface area contributed by atoms with Crippen LogP contribution in [0.2, 0.25) is 0 Å². The number of amides is 2. The van der Waals surface area contributed by atoms with Gasteiger partial charge in [0.2, 0.25) is 17.6 Å². The van der Waals surface area contributed by atoms with Crippen molar-refractivity contribution in [3.63, 3.8) is 0 Å². The normalized spacial score (nSPS) is 19.7. The minimum Gasteiger partial charge on any atom is -0.493 e. The van der Waals surface area contributed by atoms with Crippen LogP contribution in [0.5, 0.6) is 17.2 Å². The maximum absolute atomic E-state index is 13.7. The molecule has 2 atom stereocenters. The van der Waals surface area contributed by atoms with Gasteiger partial charge in [0.15, 0.2) is 11.5 Å². The molecule has 3 heterocycles. The Kier molecular flexibility index (Phi) is 5.83. The highest BCUT2D eigenvalue weighted by atomic mass is 16.5. The number of hydrogen-bond acceptors (Lipinski definition) is 5. The van der Waals surface area contributed by atoms with E-state index in [0.717, 1.165) is 27.7 Å². The molecule has 0 saturated carbocycles. The second-order valence-corrected chi connectivity index (χ2v) is 9.56. The number of carbonyl (C=O) groups is 2. The van der Waals surface area contributed by atoms with Gasteiger partial charge in [-0.3, -0.25) is 9.59 Å². The van der Waals surface area contributed by atoms with Gasteiger partial charge in [-0.2, -0.15) is 0 Å². The Labute approximate surface area is 204 Å². The molecular weight excluding hydrogens is 446 g/mol. The van der Waals surface area contributed by atoms with E-state index in [4.69, 9.17) is 14.2 Å². The number of nitrogens with one attached hydrogen (secondary N) is 1. The molecule has 0 unspecified atom stereocenters. The standard InChI is InChI=1S/C27H31N3O5/c1-15(2)13-29-14-23(31)30-20(27(29)32)12-18-17-8-6-7-9-19(17)28-24(18)25(30)16-10-21(33-3)26(35-5)22(11-16)34-4/h6-11,15,20,25,28H,12-14H2,1-5H3/t20-,25+/m0/s1. The molecule has 2 aromatic carbocycles. The summed E-state index contributed by atoms with van der Waals surface area (Å²) in [7, 11) is 4.69. The number of para-hydroxylation sites is 1. The Morgan fingerprint density at radius 3 is 2.34 bits per heavy atom. The Morgan fingerprint density at radius 1 is 1.03 bits per heavy atom. The van der Waals surface area contributed by atoms with Gasteiger partial charge in [0, 0.05) is 29.6 Å². The number of fused-ring (bicyclic) bond motifs is 4. The van der Waals surface area contributed by atoms with Crippen LogP contribution in [0.3, 0.4) is 0 Å². The van der Waals surface area contributed by atoms with Crippen LogP contribution in [-0.4, -0.2) is 67.1 Å². The van der Waals surface area contributed by atoms with E-state index in [1.807, 2.05) is 30.3 Å². The van der Waals surface area contributed by atoms with Crippen LogP contribution >= 0.6 is 0 Å². The molecule has 0 bridgehead atoms. The van der Waals surface area contributed by atoms with Gasteiger partial charge in [0.25, 0.3) is 0 Å². The van der Waals surface area contributed by atoms with Crippen molar-refractivity contribution in [1.29, 1.82) is 0 Å². The van der Waals surface area contributed by atoms with Gasteiger partial charge in [-0.15, -0.1) is 0 Å². The van der Waals surface area contributed by atoms with Crippen LogP contribution < -0.4 is 14.2 Å². The lowest BCUT2D eigenvalue weighted by Gasteiger charge is -2.47. The van der Waals surface area contributed by atoms with Gasteiger partial charge in [-0.25, -0.2) is 0 Å². The van der Waals surface area contributed by atoms with E-state index >= 15 is 0 Å². The van der Waals surface area contributed by atoms with Gasteiger partial charge in [-0.05, 0) is 35.2 Å². The smallest absolute Gasteiger partial charge is 0.246 e. The van der Waals surface area contributed by atoms with Crippen LogP contribution in [0.4, 0.5) is 0 Å². The Balaban J connectivity index is 1.72. The molecule has 5 rings (SSSR count). The largest absolute Gasteiger partial charge is 0.493 e. The molecule has 3 aromatic rings. The predicted molar refractivity (Wildman–Crippen MR) is 132 cm³/mol. The molecule has 2 aliphatic heterocycles. The molecule has 8 heteroatoms. The third kappa shape index (κ3) is 3.68. The Hall–Kier alpha value is -3.68. The number of methoxy groups -OCH3 is 3. The van der Waals surface area contributed by atoms with Gasteiger partial charge in [0.1, 0.15) is 6.04 Å². The molecule has 8 nitrogen and oxygen atoms in total. The van der Waals surface area contributed by atoms with Crippen LogP contribution in [0, 0.1) is 5.92 Å². The first kappa shape index (κ1) is 23.1. The van der Waals surface area contributed by atoms with Crippen LogP contribution in [-0.2, 0) is 16.0 Å². The number of aromatic nitrogens is 1. The van der Waals surface area contributed by atoms with E-state index in [-0.39, 0.29) is 24.3 Å². The number of carbonyl (C=O) groups excluding carboxylic acids is 2. The summed E-state index contributed by atoms with van der Waals surface area (Å²) >= 11 is 0. The number of hydrogen-bond donors (Lipinski definition) is 1. The van der Waals surface area contributed by atoms with Crippen molar-refractivity contribution in [3.05, 3.63) is 53.2 Å². The van der Waals surface area contributed by atoms with E-state index in [9.17, 15) is 9.59 Å². The first-order valence-corrected chi connectivity index (χ1v) is 11.9. The zero-order valence-corrected chi connectivity index (χ0v) is 20.8. The molecule has 0 radical (unpaired) electrons. The maximum Gasteiger partial charge on any atom is 0.246 e. The van der Waals surface area contributed by atoms with Crippen molar-refractivity contribution in [2.24, 2.45) is 5.92 Å². The number of nitrogens with zero attached hydrogens (tertiary/aromatic N) is 2. The van der Waals surface area contributed by atoms with Crippen molar-refractivity contribution in [3.8, 4) is 17.2 Å². The fourth-order valence-electron chi connectivity index (χ4n) is 5.52. The number of piperazine rings is 1. The number of benzene rings is 2. The fraction of sp³-hybridized carbons (Fsp3) is 0.407. The lowest BCUT2D eigenvalue weighted by molar-refractivity contribution is -0.159. The summed E-state index contributed by atoms with van der Waals surface area (Å²) in [6.07, 6.45) is 0.472. The Morgan fingerprint density at radius 2 is 1.71 bits per heavy atom. The minimum absolute atomic E-state index is 0.00771. The summed E-state index contributed by atoms with van der Waals surface area (Å²) in [6, 6.07) is 10.7. The van der Waals surface area contributed by atoms with Crippen LogP contribution in [0.25, 0.3) is 10.9 Å². The lowest BCUT2D eigenvalue weighted by Crippen LogP contribution is -2.63. The average molecular weight is 478 g/mol. The summed E-state index contributed by atoms with van der Waals surface area (Å²) in [5.41, 5.74) is 3.74. The number of H-pyrrole nitrogens is 1. The summed E-state index contributed by atoms with van der Waals surface area (Å²) in [6.45, 7) is 4.75. The second-order valence-electron chi connectivity index (χ2n) is 9.56. The number of aromatic amines is 1. The van der Waals surface area contributed by atoms with Crippen molar-refractivity contribution in [1.82, 2.24) is 14.8 Å². The van der Waals surface area contributed by atoms with Crippen LogP contribution in [0.15, 0.2) is 36.4 Å². The van der Waals surface area contributed by atoms with Crippen molar-refractivity contribution >= 4 is 22.7 Å². The van der Waals surface area contributed by atoms with Gasteiger partial charge >= 0.3 is 0 Å². The molecule has 2 aliphatic rings. The van der Waals surface area contributed by atoms with E-state index in [1.165, 1.54) is 0 Å². The van der Waals surface area contributed by atoms with Crippen LogP contribution in [0.1, 0.15) is 36.7 Å². The minimum atomic E-state index is -0.578. The van der Waals surface area contributed by atoms with E-state index < -0.39 is 12.1 Å². The van der Waals surface area contributed by atoms with Crippen molar-refractivity contribution in [2.75, 3.05) is 34.4 Å². The van der Waals surface area contributed by atoms with Gasteiger partial charge in [0.05, 0.1) is 33.9 Å². The molecule has 184 valence electrons. The summed E-state index contributed by atoms with van der Waals surface area (Å²) < 4.78 is 16.7. The van der Waals surface area contributed by atoms with E-state index in [2.05, 4.69) is 24.9 Å². The van der Waals surface area contributed by atoms with E-state index in [0.29, 0.717) is 30.2 Å². The summed E-state index contributed by atoms with van der Waals surface area (Å²) in [5, 5.41) is 1.07. The molecule has 0 spiro atoms. The highest BCUT2D eigenvalue weighted by Gasteiger charge is 2.48. The molecular formula is C27H31N3O5. The molecule has 1 N–H and O–H groups in total. The quantitative estimate of drug-likeness (QED) is 0.587. The molecule has 1 aromatic heterocycles.